The van der Waals surface area contributed by atoms with Gasteiger partial charge in [0.25, 0.3) is 0 Å². The number of benzene rings is 3. The van der Waals surface area contributed by atoms with E-state index in [9.17, 15) is 0 Å². The summed E-state index contributed by atoms with van der Waals surface area (Å²) >= 11 is 3.61. The van der Waals surface area contributed by atoms with Crippen LogP contribution < -0.4 is 15.6 Å². The number of halogens is 1. The molecule has 0 amide bonds. The van der Waals surface area contributed by atoms with Crippen molar-refractivity contribution in [2.24, 2.45) is 5.10 Å². The second-order valence-corrected chi connectivity index (χ2v) is 8.78. The van der Waals surface area contributed by atoms with Gasteiger partial charge in [0.2, 0.25) is 17.8 Å². The van der Waals surface area contributed by atoms with Gasteiger partial charge < -0.3 is 15.0 Å². The Labute approximate surface area is 206 Å². The molecule has 1 aliphatic rings. The highest BCUT2D eigenvalue weighted by atomic mass is 79.9. The molecule has 2 N–H and O–H groups in total. The second kappa shape index (κ2) is 10.1. The van der Waals surface area contributed by atoms with Crippen LogP contribution in [0.5, 0.6) is 0 Å². The van der Waals surface area contributed by atoms with Gasteiger partial charge in [-0.25, -0.2) is 5.43 Å². The zero-order chi connectivity index (χ0) is 23.3. The number of anilines is 4. The molecule has 1 fully saturated rings. The molecule has 5 rings (SSSR count). The fourth-order valence-corrected chi connectivity index (χ4v) is 4.33. The van der Waals surface area contributed by atoms with E-state index in [1.165, 1.54) is 0 Å². The quantitative estimate of drug-likeness (QED) is 0.271. The Morgan fingerprint density at radius 3 is 2.62 bits per heavy atom. The molecular formula is C25H24BrN7O. The van der Waals surface area contributed by atoms with E-state index in [0.29, 0.717) is 31.1 Å². The van der Waals surface area contributed by atoms with E-state index in [-0.39, 0.29) is 0 Å². The minimum absolute atomic E-state index is 0.360. The number of nitrogens with one attached hydrogen (secondary N) is 2. The van der Waals surface area contributed by atoms with Crippen molar-refractivity contribution in [3.63, 3.8) is 0 Å². The molecule has 0 atom stereocenters. The van der Waals surface area contributed by atoms with Crippen LogP contribution in [0, 0.1) is 6.92 Å². The Hall–Kier alpha value is -3.56. The van der Waals surface area contributed by atoms with E-state index < -0.39 is 0 Å². The Morgan fingerprint density at radius 2 is 1.76 bits per heavy atom. The maximum Gasteiger partial charge on any atom is 0.250 e. The largest absolute Gasteiger partial charge is 0.378 e. The first-order chi connectivity index (χ1) is 16.7. The van der Waals surface area contributed by atoms with Gasteiger partial charge >= 0.3 is 0 Å². The molecule has 4 aromatic rings. The molecule has 0 unspecified atom stereocenters. The lowest BCUT2D eigenvalue weighted by atomic mass is 10.1. The average Bonchev–Trinajstić information content (AvgIpc) is 2.86. The summed E-state index contributed by atoms with van der Waals surface area (Å²) in [5, 5.41) is 10.0. The summed E-state index contributed by atoms with van der Waals surface area (Å²) in [7, 11) is 0. The molecule has 8 nitrogen and oxygen atoms in total. The van der Waals surface area contributed by atoms with Gasteiger partial charge in [-0.2, -0.15) is 20.1 Å². The number of fused-ring (bicyclic) bond motifs is 1. The monoisotopic (exact) mass is 517 g/mol. The molecule has 0 radical (unpaired) electrons. The highest BCUT2D eigenvalue weighted by molar-refractivity contribution is 9.10. The maximum absolute atomic E-state index is 5.48. The van der Waals surface area contributed by atoms with Crippen LogP contribution in [0.3, 0.4) is 0 Å². The van der Waals surface area contributed by atoms with Gasteiger partial charge in [0.05, 0.1) is 25.1 Å². The first-order valence-electron chi connectivity index (χ1n) is 11.0. The van der Waals surface area contributed by atoms with Gasteiger partial charge in [0, 0.05) is 23.1 Å². The maximum atomic E-state index is 5.48. The summed E-state index contributed by atoms with van der Waals surface area (Å²) in [6, 6.07) is 20.4. The van der Waals surface area contributed by atoms with Gasteiger partial charge in [-0.1, -0.05) is 48.5 Å². The number of morpholine rings is 1. The predicted molar refractivity (Wildman–Crippen MR) is 140 cm³/mol. The number of aromatic nitrogens is 3. The lowest BCUT2D eigenvalue weighted by molar-refractivity contribution is 0.122. The molecule has 1 aromatic heterocycles. The number of hydrogen-bond acceptors (Lipinski definition) is 8. The van der Waals surface area contributed by atoms with Crippen LogP contribution in [-0.4, -0.2) is 47.5 Å². The topological polar surface area (TPSA) is 87.6 Å². The number of hydrazone groups is 1. The lowest BCUT2D eigenvalue weighted by Crippen LogP contribution is -2.37. The van der Waals surface area contributed by atoms with Crippen LogP contribution in [0.2, 0.25) is 0 Å². The highest BCUT2D eigenvalue weighted by Gasteiger charge is 2.17. The molecule has 0 saturated carbocycles. The predicted octanol–water partition coefficient (Wildman–Crippen LogP) is 5.12. The molecule has 3 aromatic carbocycles. The minimum Gasteiger partial charge on any atom is -0.378 e. The average molecular weight is 518 g/mol. The molecule has 0 aliphatic carbocycles. The zero-order valence-corrected chi connectivity index (χ0v) is 20.3. The van der Waals surface area contributed by atoms with Crippen molar-refractivity contribution in [2.75, 3.05) is 41.9 Å². The van der Waals surface area contributed by atoms with Crippen molar-refractivity contribution >= 4 is 56.4 Å². The standard InChI is InChI=1S/C25H24BrN7O/c1-17-9-10-22(21(26)15-17)28-23-29-24(31-25(30-23)33-11-13-34-14-12-33)32-27-16-19-7-4-6-18-5-2-3-8-20(18)19/h2-10,15-16H,11-14H2,1H3,(H2,28,29,30,31,32)/b27-16+. The van der Waals surface area contributed by atoms with Gasteiger partial charge in [0.15, 0.2) is 0 Å². The van der Waals surface area contributed by atoms with Gasteiger partial charge in [0.1, 0.15) is 0 Å². The molecule has 172 valence electrons. The van der Waals surface area contributed by atoms with Crippen LogP contribution in [-0.2, 0) is 4.74 Å². The third-order valence-electron chi connectivity index (χ3n) is 5.48. The fraction of sp³-hybridized carbons (Fsp3) is 0.200. The van der Waals surface area contributed by atoms with Crippen molar-refractivity contribution < 1.29 is 4.74 Å². The van der Waals surface area contributed by atoms with Gasteiger partial charge in [-0.05, 0) is 51.3 Å². The van der Waals surface area contributed by atoms with Crippen LogP contribution in [0.1, 0.15) is 11.1 Å². The first-order valence-corrected chi connectivity index (χ1v) is 11.8. The van der Waals surface area contributed by atoms with Crippen molar-refractivity contribution in [3.05, 3.63) is 76.3 Å². The molecule has 0 bridgehead atoms. The van der Waals surface area contributed by atoms with E-state index in [1.807, 2.05) is 49.4 Å². The molecule has 2 heterocycles. The van der Waals surface area contributed by atoms with Crippen molar-refractivity contribution in [3.8, 4) is 0 Å². The third-order valence-corrected chi connectivity index (χ3v) is 6.14. The van der Waals surface area contributed by atoms with E-state index in [0.717, 1.165) is 45.1 Å². The molecule has 0 spiro atoms. The lowest BCUT2D eigenvalue weighted by Gasteiger charge is -2.27. The summed E-state index contributed by atoms with van der Waals surface area (Å²) in [4.78, 5) is 15.9. The molecule has 34 heavy (non-hydrogen) atoms. The Morgan fingerprint density at radius 1 is 0.971 bits per heavy atom. The molecule has 9 heteroatoms. The van der Waals surface area contributed by atoms with Gasteiger partial charge in [-0.3, -0.25) is 0 Å². The first kappa shape index (κ1) is 22.2. The summed E-state index contributed by atoms with van der Waals surface area (Å²) in [6.45, 7) is 4.76. The Bertz CT molecular complexity index is 1330. The van der Waals surface area contributed by atoms with Gasteiger partial charge in [-0.15, -0.1) is 0 Å². The van der Waals surface area contributed by atoms with Crippen LogP contribution >= 0.6 is 15.9 Å². The fourth-order valence-electron chi connectivity index (χ4n) is 3.74. The summed E-state index contributed by atoms with van der Waals surface area (Å²) in [6.07, 6.45) is 1.78. The normalized spacial score (nSPS) is 14.0. The number of nitrogens with zero attached hydrogens (tertiary/aromatic N) is 5. The Balaban J connectivity index is 1.43. The van der Waals surface area contributed by atoms with Crippen LogP contribution in [0.25, 0.3) is 10.8 Å². The van der Waals surface area contributed by atoms with E-state index in [4.69, 9.17) is 4.74 Å². The van der Waals surface area contributed by atoms with Crippen molar-refractivity contribution in [1.82, 2.24) is 15.0 Å². The van der Waals surface area contributed by atoms with Crippen LogP contribution in [0.15, 0.2) is 70.2 Å². The summed E-state index contributed by atoms with van der Waals surface area (Å²) in [5.74, 6) is 1.37. The van der Waals surface area contributed by atoms with Crippen LogP contribution in [0.4, 0.5) is 23.5 Å². The Kier molecular flexibility index (Phi) is 6.64. The van der Waals surface area contributed by atoms with E-state index >= 15 is 0 Å². The third kappa shape index (κ3) is 5.16. The van der Waals surface area contributed by atoms with E-state index in [1.54, 1.807) is 6.21 Å². The second-order valence-electron chi connectivity index (χ2n) is 7.93. The minimum atomic E-state index is 0.360. The summed E-state index contributed by atoms with van der Waals surface area (Å²) < 4.78 is 6.41. The number of ether oxygens (including phenoxy) is 1. The molecule has 1 saturated heterocycles. The van der Waals surface area contributed by atoms with Crippen molar-refractivity contribution in [2.45, 2.75) is 6.92 Å². The molecular weight excluding hydrogens is 494 g/mol. The highest BCUT2D eigenvalue weighted by Crippen LogP contribution is 2.26. The van der Waals surface area contributed by atoms with E-state index in [2.05, 4.69) is 69.8 Å². The molecule has 1 aliphatic heterocycles. The smallest absolute Gasteiger partial charge is 0.250 e. The number of aryl methyl sites for hydroxylation is 1. The van der Waals surface area contributed by atoms with Crippen molar-refractivity contribution in [1.29, 1.82) is 0 Å². The zero-order valence-electron chi connectivity index (χ0n) is 18.7. The number of hydrogen-bond donors (Lipinski definition) is 2. The number of rotatable bonds is 6. The SMILES string of the molecule is Cc1ccc(Nc2nc(N/N=C/c3cccc4ccccc34)nc(N3CCOCC3)n2)c(Br)c1. The summed E-state index contributed by atoms with van der Waals surface area (Å²) in [5.41, 5.74) is 6.02.